The van der Waals surface area contributed by atoms with Crippen LogP contribution in [-0.4, -0.2) is 27.5 Å². The molecule has 0 saturated heterocycles. The number of carbonyl (C=O) groups excluding carboxylic acids is 1. The minimum atomic E-state index is -0.470. The Labute approximate surface area is 154 Å². The van der Waals surface area contributed by atoms with Gasteiger partial charge in [-0.2, -0.15) is 0 Å². The maximum absolute atomic E-state index is 13.4. The predicted octanol–water partition coefficient (Wildman–Crippen LogP) is 4.61. The number of pyridine rings is 2. The summed E-state index contributed by atoms with van der Waals surface area (Å²) in [7, 11) is 0. The fourth-order valence-corrected chi connectivity index (χ4v) is 3.04. The number of benzene rings is 1. The fraction of sp³-hybridized carbons (Fsp3) is 0.0952. The van der Waals surface area contributed by atoms with Crippen molar-refractivity contribution in [2.24, 2.45) is 0 Å². The van der Waals surface area contributed by atoms with Gasteiger partial charge in [-0.05, 0) is 66.6 Å². The zero-order valence-electron chi connectivity index (χ0n) is 14.6. The number of carbonyl (C=O) groups is 1. The van der Waals surface area contributed by atoms with E-state index in [0.29, 0.717) is 5.65 Å². The number of hydrogen-bond acceptors (Lipinski definition) is 4. The third kappa shape index (κ3) is 3.17. The van der Waals surface area contributed by atoms with E-state index in [1.54, 1.807) is 37.5 Å². The van der Waals surface area contributed by atoms with Crippen LogP contribution in [0.1, 0.15) is 17.4 Å². The van der Waals surface area contributed by atoms with E-state index in [0.717, 1.165) is 27.8 Å². The highest BCUT2D eigenvalue weighted by Gasteiger charge is 2.18. The first-order valence-electron chi connectivity index (χ1n) is 8.53. The van der Waals surface area contributed by atoms with Crippen molar-refractivity contribution in [2.75, 3.05) is 6.61 Å². The molecule has 0 aliphatic rings. The van der Waals surface area contributed by atoms with Crippen molar-refractivity contribution < 1.29 is 13.9 Å². The van der Waals surface area contributed by atoms with Gasteiger partial charge in [0.25, 0.3) is 0 Å². The van der Waals surface area contributed by atoms with Crippen LogP contribution in [0.3, 0.4) is 0 Å². The largest absolute Gasteiger partial charge is 0.461 e. The quantitative estimate of drug-likeness (QED) is 0.539. The Hall–Kier alpha value is -3.54. The molecule has 0 amide bonds. The minimum Gasteiger partial charge on any atom is -0.461 e. The van der Waals surface area contributed by atoms with Crippen molar-refractivity contribution in [1.82, 2.24) is 15.0 Å². The van der Waals surface area contributed by atoms with E-state index >= 15 is 0 Å². The number of ether oxygens (including phenoxy) is 1. The molecule has 0 bridgehead atoms. The van der Waals surface area contributed by atoms with Crippen LogP contribution in [0.2, 0.25) is 0 Å². The Bertz CT molecular complexity index is 1110. The molecule has 4 rings (SSSR count). The van der Waals surface area contributed by atoms with Crippen molar-refractivity contribution >= 4 is 17.0 Å². The number of aromatic amines is 1. The number of esters is 1. The van der Waals surface area contributed by atoms with Gasteiger partial charge in [0, 0.05) is 23.3 Å². The molecule has 0 atom stereocenters. The molecule has 0 fully saturated rings. The molecule has 5 nitrogen and oxygen atoms in total. The lowest BCUT2D eigenvalue weighted by Gasteiger charge is -2.05. The first-order valence-corrected chi connectivity index (χ1v) is 8.53. The molecule has 1 N–H and O–H groups in total. The summed E-state index contributed by atoms with van der Waals surface area (Å²) in [5.74, 6) is -0.772. The number of halogens is 1. The summed E-state index contributed by atoms with van der Waals surface area (Å²) in [5.41, 5.74) is 4.27. The van der Waals surface area contributed by atoms with Crippen LogP contribution in [-0.2, 0) is 4.74 Å². The second-order valence-electron chi connectivity index (χ2n) is 5.93. The molecule has 27 heavy (non-hydrogen) atoms. The standard InChI is InChI=1S/C21H16FN3O2/c1-2-27-21(26)17-8-7-16-18(13-9-11-23-12-10-13)19(25-20(16)24-17)14-3-5-15(22)6-4-14/h3-12H,2H2,1H3,(H,24,25). The van der Waals surface area contributed by atoms with Crippen molar-refractivity contribution in [1.29, 1.82) is 0 Å². The van der Waals surface area contributed by atoms with Gasteiger partial charge in [0.1, 0.15) is 11.5 Å². The summed E-state index contributed by atoms with van der Waals surface area (Å²) in [6.45, 7) is 2.03. The topological polar surface area (TPSA) is 67.9 Å². The Morgan fingerprint density at radius 1 is 1.04 bits per heavy atom. The first kappa shape index (κ1) is 16.9. The highest BCUT2D eigenvalue weighted by atomic mass is 19.1. The summed E-state index contributed by atoms with van der Waals surface area (Å²) >= 11 is 0. The van der Waals surface area contributed by atoms with Gasteiger partial charge >= 0.3 is 5.97 Å². The van der Waals surface area contributed by atoms with E-state index in [2.05, 4.69) is 15.0 Å². The second-order valence-corrected chi connectivity index (χ2v) is 5.93. The normalized spacial score (nSPS) is 10.9. The molecule has 6 heteroatoms. The van der Waals surface area contributed by atoms with E-state index in [1.165, 1.54) is 12.1 Å². The van der Waals surface area contributed by atoms with Crippen molar-refractivity contribution in [3.63, 3.8) is 0 Å². The Morgan fingerprint density at radius 2 is 1.78 bits per heavy atom. The predicted molar refractivity (Wildman–Crippen MR) is 101 cm³/mol. The van der Waals surface area contributed by atoms with Gasteiger partial charge < -0.3 is 9.72 Å². The van der Waals surface area contributed by atoms with Crippen LogP contribution in [0, 0.1) is 5.82 Å². The third-order valence-corrected chi connectivity index (χ3v) is 4.24. The first-order chi connectivity index (χ1) is 13.2. The molecule has 134 valence electrons. The van der Waals surface area contributed by atoms with E-state index in [-0.39, 0.29) is 18.1 Å². The van der Waals surface area contributed by atoms with Crippen LogP contribution >= 0.6 is 0 Å². The van der Waals surface area contributed by atoms with E-state index < -0.39 is 5.97 Å². The Morgan fingerprint density at radius 3 is 2.48 bits per heavy atom. The highest BCUT2D eigenvalue weighted by Crippen LogP contribution is 2.37. The van der Waals surface area contributed by atoms with Crippen LogP contribution in [0.15, 0.2) is 60.9 Å². The summed E-state index contributed by atoms with van der Waals surface area (Å²) < 4.78 is 18.4. The van der Waals surface area contributed by atoms with Gasteiger partial charge in [-0.15, -0.1) is 0 Å². The van der Waals surface area contributed by atoms with Crippen LogP contribution in [0.4, 0.5) is 4.39 Å². The van der Waals surface area contributed by atoms with Gasteiger partial charge in [0.05, 0.1) is 12.3 Å². The van der Waals surface area contributed by atoms with Crippen LogP contribution in [0.25, 0.3) is 33.4 Å². The monoisotopic (exact) mass is 361 g/mol. The Kier molecular flexibility index (Phi) is 4.38. The average molecular weight is 361 g/mol. The maximum Gasteiger partial charge on any atom is 0.356 e. The summed E-state index contributed by atoms with van der Waals surface area (Å²) in [6, 6.07) is 13.5. The molecule has 0 unspecified atom stereocenters. The Balaban J connectivity index is 1.94. The number of H-pyrrole nitrogens is 1. The van der Waals surface area contributed by atoms with E-state index in [9.17, 15) is 9.18 Å². The lowest BCUT2D eigenvalue weighted by molar-refractivity contribution is 0.0520. The maximum atomic E-state index is 13.4. The number of rotatable bonds is 4. The zero-order chi connectivity index (χ0) is 18.8. The van der Waals surface area contributed by atoms with Gasteiger partial charge in [-0.1, -0.05) is 0 Å². The SMILES string of the molecule is CCOC(=O)c1ccc2c(-c3ccncc3)c(-c3ccc(F)cc3)[nH]c2n1. The van der Waals surface area contributed by atoms with Gasteiger partial charge in [-0.3, -0.25) is 4.98 Å². The average Bonchev–Trinajstić information content (AvgIpc) is 3.08. The lowest BCUT2D eigenvalue weighted by atomic mass is 10.00. The van der Waals surface area contributed by atoms with E-state index in [4.69, 9.17) is 4.74 Å². The van der Waals surface area contributed by atoms with Gasteiger partial charge in [0.15, 0.2) is 5.69 Å². The summed E-state index contributed by atoms with van der Waals surface area (Å²) in [6.07, 6.45) is 3.42. The molecule has 0 spiro atoms. The zero-order valence-corrected chi connectivity index (χ0v) is 14.6. The second kappa shape index (κ2) is 6.99. The third-order valence-electron chi connectivity index (χ3n) is 4.24. The number of hydrogen-bond donors (Lipinski definition) is 1. The number of nitrogens with zero attached hydrogens (tertiary/aromatic N) is 2. The molecule has 0 radical (unpaired) electrons. The summed E-state index contributed by atoms with van der Waals surface area (Å²) in [4.78, 5) is 23.8. The molecule has 1 aromatic carbocycles. The van der Waals surface area contributed by atoms with Crippen LogP contribution in [0.5, 0.6) is 0 Å². The molecular formula is C21H16FN3O2. The highest BCUT2D eigenvalue weighted by molar-refractivity contribution is 6.03. The van der Waals surface area contributed by atoms with Crippen molar-refractivity contribution in [2.45, 2.75) is 6.92 Å². The number of nitrogens with one attached hydrogen (secondary N) is 1. The van der Waals surface area contributed by atoms with E-state index in [1.807, 2.05) is 18.2 Å². The van der Waals surface area contributed by atoms with Crippen molar-refractivity contribution in [3.8, 4) is 22.4 Å². The number of fused-ring (bicyclic) bond motifs is 1. The summed E-state index contributed by atoms with van der Waals surface area (Å²) in [5, 5.41) is 0.855. The molecule has 3 aromatic heterocycles. The molecule has 4 aromatic rings. The molecule has 3 heterocycles. The molecule has 0 saturated carbocycles. The smallest absolute Gasteiger partial charge is 0.356 e. The lowest BCUT2D eigenvalue weighted by Crippen LogP contribution is -2.06. The van der Waals surface area contributed by atoms with Crippen molar-refractivity contribution in [3.05, 3.63) is 72.4 Å². The molecule has 0 aliphatic carbocycles. The molecule has 0 aliphatic heterocycles. The molecular weight excluding hydrogens is 345 g/mol. The van der Waals surface area contributed by atoms with Crippen LogP contribution < -0.4 is 0 Å². The van der Waals surface area contributed by atoms with Gasteiger partial charge in [0.2, 0.25) is 0 Å². The minimum absolute atomic E-state index is 0.234. The van der Waals surface area contributed by atoms with Gasteiger partial charge in [-0.25, -0.2) is 14.2 Å². The fourth-order valence-electron chi connectivity index (χ4n) is 3.04. The number of aromatic nitrogens is 3.